The fraction of sp³-hybridized carbons (Fsp3) is 0.300. The van der Waals surface area contributed by atoms with Gasteiger partial charge in [-0.05, 0) is 53.9 Å². The first-order valence-electron chi connectivity index (χ1n) is 13.1. The minimum atomic E-state index is -0.280. The first kappa shape index (κ1) is 27.0. The van der Waals surface area contributed by atoms with Crippen molar-refractivity contribution in [1.82, 2.24) is 19.9 Å². The summed E-state index contributed by atoms with van der Waals surface area (Å²) < 4.78 is 24.1. The normalized spacial score (nSPS) is 12.9. The minimum Gasteiger partial charge on any atom is -0.496 e. The summed E-state index contributed by atoms with van der Waals surface area (Å²) in [6.45, 7) is 3.58. The van der Waals surface area contributed by atoms with Crippen molar-refractivity contribution >= 4 is 11.6 Å². The lowest BCUT2D eigenvalue weighted by molar-refractivity contribution is 0.102. The van der Waals surface area contributed by atoms with Crippen LogP contribution >= 0.6 is 0 Å². The summed E-state index contributed by atoms with van der Waals surface area (Å²) in [5.41, 5.74) is 4.26. The molecule has 0 saturated heterocycles. The highest BCUT2D eigenvalue weighted by atomic mass is 16.5. The van der Waals surface area contributed by atoms with Crippen molar-refractivity contribution in [3.63, 3.8) is 0 Å². The molecule has 10 nitrogen and oxygen atoms in total. The number of carbonyl (C=O) groups is 1. The zero-order valence-corrected chi connectivity index (χ0v) is 22.9. The van der Waals surface area contributed by atoms with Gasteiger partial charge in [-0.1, -0.05) is 29.5 Å². The molecule has 0 bridgehead atoms. The third-order valence-corrected chi connectivity index (χ3v) is 6.89. The molecule has 0 saturated carbocycles. The lowest BCUT2D eigenvalue weighted by atomic mass is 9.99. The average molecular weight is 544 g/mol. The van der Waals surface area contributed by atoms with Gasteiger partial charge in [0.05, 0.1) is 45.3 Å². The maximum atomic E-state index is 12.9. The van der Waals surface area contributed by atoms with Crippen LogP contribution in [-0.2, 0) is 26.1 Å². The molecule has 0 atom stereocenters. The topological polar surface area (TPSA) is 100.0 Å². The number of hydrogen-bond donors (Lipinski definition) is 1. The molecule has 1 aliphatic rings. The van der Waals surface area contributed by atoms with Crippen LogP contribution in [-0.4, -0.2) is 60.2 Å². The van der Waals surface area contributed by atoms with E-state index in [0.29, 0.717) is 35.0 Å². The second kappa shape index (κ2) is 12.5. The van der Waals surface area contributed by atoms with Crippen LogP contribution in [0.25, 0.3) is 0 Å². The average Bonchev–Trinajstić information content (AvgIpc) is 3.46. The number of anilines is 1. The van der Waals surface area contributed by atoms with Crippen LogP contribution in [0.4, 0.5) is 5.69 Å². The highest BCUT2D eigenvalue weighted by molar-refractivity contribution is 6.06. The zero-order chi connectivity index (χ0) is 27.9. The van der Waals surface area contributed by atoms with Crippen LogP contribution in [0.5, 0.6) is 23.0 Å². The van der Waals surface area contributed by atoms with Crippen LogP contribution in [0.1, 0.15) is 27.2 Å². The van der Waals surface area contributed by atoms with Crippen molar-refractivity contribution in [2.24, 2.45) is 0 Å². The van der Waals surface area contributed by atoms with Gasteiger partial charge in [0.25, 0.3) is 5.91 Å². The van der Waals surface area contributed by atoms with Gasteiger partial charge >= 0.3 is 0 Å². The van der Waals surface area contributed by atoms with Gasteiger partial charge in [-0.3, -0.25) is 14.4 Å². The van der Waals surface area contributed by atoms with Crippen molar-refractivity contribution in [2.75, 3.05) is 39.7 Å². The number of hydrogen-bond acceptors (Lipinski definition) is 8. The third kappa shape index (κ3) is 6.18. The molecule has 1 N–H and O–H groups in total. The number of rotatable bonds is 11. The van der Waals surface area contributed by atoms with Gasteiger partial charge in [-0.15, -0.1) is 5.10 Å². The Kier molecular flexibility index (Phi) is 8.46. The molecule has 208 valence electrons. The maximum absolute atomic E-state index is 12.9. The monoisotopic (exact) mass is 543 g/mol. The van der Waals surface area contributed by atoms with Gasteiger partial charge in [0.2, 0.25) is 0 Å². The first-order chi connectivity index (χ1) is 19.6. The molecule has 0 unspecified atom stereocenters. The predicted octanol–water partition coefficient (Wildman–Crippen LogP) is 4.19. The highest BCUT2D eigenvalue weighted by Gasteiger charge is 2.20. The van der Waals surface area contributed by atoms with Crippen LogP contribution in [0.3, 0.4) is 0 Å². The van der Waals surface area contributed by atoms with Crippen LogP contribution in [0.15, 0.2) is 66.9 Å². The largest absolute Gasteiger partial charge is 0.496 e. The summed E-state index contributed by atoms with van der Waals surface area (Å²) in [5, 5.41) is 11.5. The Morgan fingerprint density at radius 3 is 2.35 bits per heavy atom. The molecule has 2 heterocycles. The summed E-state index contributed by atoms with van der Waals surface area (Å²) in [7, 11) is 4.86. The molecule has 0 radical (unpaired) electrons. The standard InChI is InChI=1S/C30H33N5O5/c1-37-26-10-6-4-8-24(26)30(36)31-25-9-5-7-11-27(25)40-20-23-19-35(33-32-23)15-14-34-13-12-21-16-28(38-2)29(39-3)17-22(21)18-34/h4-11,16-17,19H,12-15,18,20H2,1-3H3,(H,31,36). The van der Waals surface area contributed by atoms with E-state index in [1.807, 2.05) is 29.1 Å². The Hall–Kier alpha value is -4.57. The summed E-state index contributed by atoms with van der Waals surface area (Å²) in [6.07, 6.45) is 2.85. The second-order valence-electron chi connectivity index (χ2n) is 9.41. The molecule has 1 aliphatic heterocycles. The molecule has 0 aliphatic carbocycles. The number of benzene rings is 3. The molecular weight excluding hydrogens is 510 g/mol. The van der Waals surface area contributed by atoms with Gasteiger partial charge in [-0.25, -0.2) is 0 Å². The molecule has 10 heteroatoms. The number of ether oxygens (including phenoxy) is 4. The number of fused-ring (bicyclic) bond motifs is 1. The Labute approximate surface area is 233 Å². The quantitative estimate of drug-likeness (QED) is 0.301. The summed E-state index contributed by atoms with van der Waals surface area (Å²) in [4.78, 5) is 15.3. The highest BCUT2D eigenvalue weighted by Crippen LogP contribution is 2.33. The number of amides is 1. The minimum absolute atomic E-state index is 0.222. The number of nitrogens with one attached hydrogen (secondary N) is 1. The van der Waals surface area contributed by atoms with E-state index in [1.54, 1.807) is 44.6 Å². The number of nitrogens with zero attached hydrogens (tertiary/aromatic N) is 4. The lowest BCUT2D eigenvalue weighted by Crippen LogP contribution is -2.33. The Morgan fingerprint density at radius 1 is 0.875 bits per heavy atom. The van der Waals surface area contributed by atoms with E-state index in [9.17, 15) is 4.79 Å². The summed E-state index contributed by atoms with van der Waals surface area (Å²) in [5.74, 6) is 2.29. The van der Waals surface area contributed by atoms with E-state index in [4.69, 9.17) is 18.9 Å². The molecule has 40 heavy (non-hydrogen) atoms. The molecule has 0 spiro atoms. The Morgan fingerprint density at radius 2 is 1.57 bits per heavy atom. The van der Waals surface area contributed by atoms with Crippen LogP contribution in [0, 0.1) is 0 Å². The number of methoxy groups -OCH3 is 3. The van der Waals surface area contributed by atoms with Gasteiger partial charge in [0.15, 0.2) is 11.5 Å². The van der Waals surface area contributed by atoms with E-state index in [0.717, 1.165) is 37.6 Å². The van der Waals surface area contributed by atoms with Crippen molar-refractivity contribution < 1.29 is 23.7 Å². The van der Waals surface area contributed by atoms with Crippen molar-refractivity contribution in [3.8, 4) is 23.0 Å². The summed E-state index contributed by atoms with van der Waals surface area (Å²) in [6, 6.07) is 18.5. The fourth-order valence-corrected chi connectivity index (χ4v) is 4.76. The number of carbonyl (C=O) groups excluding carboxylic acids is 1. The lowest BCUT2D eigenvalue weighted by Gasteiger charge is -2.29. The zero-order valence-electron chi connectivity index (χ0n) is 22.9. The van der Waals surface area contributed by atoms with Crippen molar-refractivity contribution in [1.29, 1.82) is 0 Å². The van der Waals surface area contributed by atoms with E-state index < -0.39 is 0 Å². The van der Waals surface area contributed by atoms with Crippen LogP contribution < -0.4 is 24.3 Å². The molecule has 1 amide bonds. The number of aromatic nitrogens is 3. The molecule has 4 aromatic rings. The number of para-hydroxylation sites is 3. The van der Waals surface area contributed by atoms with E-state index in [-0.39, 0.29) is 12.5 Å². The van der Waals surface area contributed by atoms with E-state index in [1.165, 1.54) is 18.2 Å². The Balaban J connectivity index is 1.15. The van der Waals surface area contributed by atoms with Gasteiger partial charge < -0.3 is 24.3 Å². The second-order valence-corrected chi connectivity index (χ2v) is 9.41. The predicted molar refractivity (Wildman–Crippen MR) is 150 cm³/mol. The fourth-order valence-electron chi connectivity index (χ4n) is 4.76. The maximum Gasteiger partial charge on any atom is 0.259 e. The van der Waals surface area contributed by atoms with Gasteiger partial charge in [0.1, 0.15) is 23.8 Å². The molecular formula is C30H33N5O5. The van der Waals surface area contributed by atoms with E-state index >= 15 is 0 Å². The van der Waals surface area contributed by atoms with Crippen molar-refractivity contribution in [3.05, 3.63) is 89.2 Å². The molecule has 0 fully saturated rings. The van der Waals surface area contributed by atoms with Crippen molar-refractivity contribution in [2.45, 2.75) is 26.1 Å². The van der Waals surface area contributed by atoms with Crippen LogP contribution in [0.2, 0.25) is 0 Å². The third-order valence-electron chi connectivity index (χ3n) is 6.89. The molecule has 5 rings (SSSR count). The van der Waals surface area contributed by atoms with Gasteiger partial charge in [0, 0.05) is 19.6 Å². The van der Waals surface area contributed by atoms with E-state index in [2.05, 4.69) is 32.7 Å². The molecule has 1 aromatic heterocycles. The SMILES string of the molecule is COc1cc2c(cc1OC)CN(CCn1cc(COc3ccccc3NC(=O)c3ccccc3OC)nn1)CC2. The Bertz CT molecular complexity index is 1470. The van der Waals surface area contributed by atoms with Gasteiger partial charge in [-0.2, -0.15) is 0 Å². The first-order valence-corrected chi connectivity index (χ1v) is 13.1. The molecule has 3 aromatic carbocycles. The smallest absolute Gasteiger partial charge is 0.259 e. The summed E-state index contributed by atoms with van der Waals surface area (Å²) >= 11 is 0.